The summed E-state index contributed by atoms with van der Waals surface area (Å²) in [6.45, 7) is 2.54. The lowest BCUT2D eigenvalue weighted by Gasteiger charge is -2.28. The smallest absolute Gasteiger partial charge is 0.165 e. The van der Waals surface area contributed by atoms with Gasteiger partial charge in [-0.2, -0.15) is 0 Å². The van der Waals surface area contributed by atoms with Crippen LogP contribution in [-0.4, -0.2) is 42.5 Å². The Labute approximate surface area is 113 Å². The van der Waals surface area contributed by atoms with Gasteiger partial charge in [-0.25, -0.2) is 9.40 Å². The molecule has 2 N–H and O–H groups in total. The van der Waals surface area contributed by atoms with Crippen molar-refractivity contribution in [3.8, 4) is 5.75 Å². The van der Waals surface area contributed by atoms with Gasteiger partial charge in [0, 0.05) is 19.6 Å². The first-order chi connectivity index (χ1) is 9.25. The van der Waals surface area contributed by atoms with Crippen molar-refractivity contribution in [3.63, 3.8) is 0 Å². The van der Waals surface area contributed by atoms with E-state index in [-0.39, 0.29) is 12.4 Å². The van der Waals surface area contributed by atoms with Gasteiger partial charge in [-0.1, -0.05) is 18.6 Å². The second kappa shape index (κ2) is 7.43. The highest BCUT2D eigenvalue weighted by Crippen LogP contribution is 2.15. The Morgan fingerprint density at radius 3 is 2.74 bits per heavy atom. The topological polar surface area (TPSA) is 44.7 Å². The number of piperidine rings is 1. The van der Waals surface area contributed by atoms with Crippen LogP contribution in [0.15, 0.2) is 24.3 Å². The normalized spacial score (nSPS) is 18.2. The second-order valence-electron chi connectivity index (χ2n) is 4.81. The molecule has 0 bridgehead atoms. The zero-order valence-electron chi connectivity index (χ0n) is 11.0. The zero-order chi connectivity index (χ0) is 13.5. The third kappa shape index (κ3) is 4.78. The lowest BCUT2D eigenvalue weighted by atomic mass is 10.2. The Morgan fingerprint density at radius 1 is 1.26 bits per heavy atom. The summed E-state index contributed by atoms with van der Waals surface area (Å²) in [5.41, 5.74) is 3.18. The molecule has 106 valence electrons. The molecular weight excluding hydrogens is 247 g/mol. The molecule has 0 radical (unpaired) electrons. The van der Waals surface area contributed by atoms with Gasteiger partial charge in [-0.05, 0) is 25.0 Å². The van der Waals surface area contributed by atoms with Gasteiger partial charge < -0.3 is 9.84 Å². The summed E-state index contributed by atoms with van der Waals surface area (Å²) in [6.07, 6.45) is 3.00. The number of hydrogen-bond acceptors (Lipinski definition) is 4. The highest BCUT2D eigenvalue weighted by Gasteiger charge is 2.12. The fraction of sp³-hybridized carbons (Fsp3) is 0.571. The van der Waals surface area contributed by atoms with Gasteiger partial charge in [0.2, 0.25) is 0 Å². The largest absolute Gasteiger partial charge is 0.488 e. The van der Waals surface area contributed by atoms with E-state index in [2.05, 4.69) is 10.4 Å². The number of ether oxygens (including phenoxy) is 1. The van der Waals surface area contributed by atoms with Gasteiger partial charge in [0.1, 0.15) is 12.7 Å². The standard InChI is InChI=1S/C14H21FN2O2/c15-13-6-2-3-7-14(13)19-11-12(18)10-16-17-8-4-1-5-9-17/h2-3,6-7,12,16,18H,1,4-5,8-11H2. The van der Waals surface area contributed by atoms with Crippen LogP contribution in [0, 0.1) is 5.82 Å². The van der Waals surface area contributed by atoms with E-state index in [0.29, 0.717) is 6.54 Å². The molecule has 0 aliphatic carbocycles. The molecule has 0 aromatic heterocycles. The van der Waals surface area contributed by atoms with Crippen molar-refractivity contribution < 1.29 is 14.2 Å². The van der Waals surface area contributed by atoms with Crippen molar-refractivity contribution >= 4 is 0 Å². The van der Waals surface area contributed by atoms with E-state index >= 15 is 0 Å². The third-order valence-corrected chi connectivity index (χ3v) is 3.17. The maximum atomic E-state index is 13.3. The quantitative estimate of drug-likeness (QED) is 0.822. The van der Waals surface area contributed by atoms with Gasteiger partial charge in [0.15, 0.2) is 11.6 Å². The van der Waals surface area contributed by atoms with Crippen LogP contribution in [-0.2, 0) is 0 Å². The molecule has 4 nitrogen and oxygen atoms in total. The first-order valence-corrected chi connectivity index (χ1v) is 6.79. The van der Waals surface area contributed by atoms with Crippen molar-refractivity contribution in [2.24, 2.45) is 0 Å². The molecule has 1 aliphatic heterocycles. The summed E-state index contributed by atoms with van der Waals surface area (Å²) in [5, 5.41) is 11.9. The van der Waals surface area contributed by atoms with E-state index in [1.165, 1.54) is 25.3 Å². The van der Waals surface area contributed by atoms with Gasteiger partial charge in [-0.15, -0.1) is 0 Å². The van der Waals surface area contributed by atoms with Crippen molar-refractivity contribution in [1.29, 1.82) is 0 Å². The first-order valence-electron chi connectivity index (χ1n) is 6.79. The number of hydrogen-bond donors (Lipinski definition) is 2. The van der Waals surface area contributed by atoms with Crippen LogP contribution < -0.4 is 10.2 Å². The van der Waals surface area contributed by atoms with Crippen molar-refractivity contribution in [1.82, 2.24) is 10.4 Å². The fourth-order valence-corrected chi connectivity index (χ4v) is 2.09. The number of aliphatic hydroxyl groups is 1. The van der Waals surface area contributed by atoms with E-state index in [1.807, 2.05) is 0 Å². The Kier molecular flexibility index (Phi) is 5.57. The average Bonchev–Trinajstić information content (AvgIpc) is 2.45. The fourth-order valence-electron chi connectivity index (χ4n) is 2.09. The summed E-state index contributed by atoms with van der Waals surface area (Å²) in [6, 6.07) is 6.21. The molecule has 1 aliphatic rings. The molecular formula is C14H21FN2O2. The van der Waals surface area contributed by atoms with Gasteiger partial charge in [0.25, 0.3) is 0 Å². The van der Waals surface area contributed by atoms with Crippen LogP contribution in [0.4, 0.5) is 4.39 Å². The van der Waals surface area contributed by atoms with E-state index in [1.54, 1.807) is 18.2 Å². The number of hydrazine groups is 1. The number of aliphatic hydroxyl groups excluding tert-OH is 1. The third-order valence-electron chi connectivity index (χ3n) is 3.17. The zero-order valence-corrected chi connectivity index (χ0v) is 11.0. The molecule has 1 saturated heterocycles. The molecule has 0 saturated carbocycles. The van der Waals surface area contributed by atoms with Crippen LogP contribution in [0.5, 0.6) is 5.75 Å². The Balaban J connectivity index is 1.66. The minimum Gasteiger partial charge on any atom is -0.488 e. The highest BCUT2D eigenvalue weighted by molar-refractivity contribution is 5.23. The minimum atomic E-state index is -0.651. The highest BCUT2D eigenvalue weighted by atomic mass is 19.1. The Hall–Kier alpha value is -1.17. The predicted molar refractivity (Wildman–Crippen MR) is 71.3 cm³/mol. The van der Waals surface area contributed by atoms with Crippen LogP contribution in [0.25, 0.3) is 0 Å². The van der Waals surface area contributed by atoms with Gasteiger partial charge in [-0.3, -0.25) is 5.43 Å². The summed E-state index contributed by atoms with van der Waals surface area (Å²) < 4.78 is 18.5. The molecule has 5 heteroatoms. The van der Waals surface area contributed by atoms with E-state index in [0.717, 1.165) is 13.1 Å². The number of nitrogens with zero attached hydrogens (tertiary/aromatic N) is 1. The van der Waals surface area contributed by atoms with Crippen LogP contribution in [0.3, 0.4) is 0 Å². The van der Waals surface area contributed by atoms with E-state index < -0.39 is 11.9 Å². The number of benzene rings is 1. The summed E-state index contributed by atoms with van der Waals surface area (Å²) in [4.78, 5) is 0. The van der Waals surface area contributed by atoms with Gasteiger partial charge in [0.05, 0.1) is 0 Å². The monoisotopic (exact) mass is 268 g/mol. The van der Waals surface area contributed by atoms with Crippen molar-refractivity contribution in [3.05, 3.63) is 30.1 Å². The summed E-state index contributed by atoms with van der Waals surface area (Å²) >= 11 is 0. The average molecular weight is 268 g/mol. The maximum Gasteiger partial charge on any atom is 0.165 e. The summed E-state index contributed by atoms with van der Waals surface area (Å²) in [5.74, 6) is -0.224. The SMILES string of the molecule is OC(CNN1CCCCC1)COc1ccccc1F. The molecule has 0 amide bonds. The molecule has 1 atom stereocenters. The number of nitrogens with one attached hydrogen (secondary N) is 1. The van der Waals surface area contributed by atoms with Crippen molar-refractivity contribution in [2.75, 3.05) is 26.2 Å². The van der Waals surface area contributed by atoms with Crippen molar-refractivity contribution in [2.45, 2.75) is 25.4 Å². The number of halogens is 1. The molecule has 1 aromatic rings. The Morgan fingerprint density at radius 2 is 2.00 bits per heavy atom. The minimum absolute atomic E-state index is 0.0851. The Bertz CT molecular complexity index is 383. The van der Waals surface area contributed by atoms with E-state index in [4.69, 9.17) is 4.74 Å². The predicted octanol–water partition coefficient (Wildman–Crippen LogP) is 1.56. The molecule has 0 spiro atoms. The molecule has 1 aromatic carbocycles. The molecule has 1 unspecified atom stereocenters. The van der Waals surface area contributed by atoms with Gasteiger partial charge >= 0.3 is 0 Å². The number of rotatable bonds is 6. The maximum absolute atomic E-state index is 13.3. The van der Waals surface area contributed by atoms with Crippen LogP contribution in [0.2, 0.25) is 0 Å². The van der Waals surface area contributed by atoms with Crippen LogP contribution in [0.1, 0.15) is 19.3 Å². The number of para-hydroxylation sites is 1. The van der Waals surface area contributed by atoms with E-state index in [9.17, 15) is 9.50 Å². The van der Waals surface area contributed by atoms with Crippen LogP contribution >= 0.6 is 0 Å². The second-order valence-corrected chi connectivity index (χ2v) is 4.81. The molecule has 2 rings (SSSR count). The molecule has 1 heterocycles. The lowest BCUT2D eigenvalue weighted by Crippen LogP contribution is -2.46. The first kappa shape index (κ1) is 14.2. The molecule has 19 heavy (non-hydrogen) atoms. The lowest BCUT2D eigenvalue weighted by molar-refractivity contribution is 0.0672. The molecule has 1 fully saturated rings. The summed E-state index contributed by atoms with van der Waals surface area (Å²) in [7, 11) is 0.